The molecule has 0 atom stereocenters. The molecule has 0 fully saturated rings. The van der Waals surface area contributed by atoms with Crippen molar-refractivity contribution in [3.8, 4) is 0 Å². The smallest absolute Gasteiger partial charge is 0.264 e. The normalized spacial score (nSPS) is 11.6. The van der Waals surface area contributed by atoms with Crippen molar-refractivity contribution >= 4 is 54.6 Å². The van der Waals surface area contributed by atoms with Crippen LogP contribution >= 0.6 is 11.6 Å². The summed E-state index contributed by atoms with van der Waals surface area (Å²) in [5.41, 5.74) is 3.47. The van der Waals surface area contributed by atoms with Crippen molar-refractivity contribution in [3.05, 3.63) is 113 Å². The van der Waals surface area contributed by atoms with Gasteiger partial charge in [-0.2, -0.15) is 0 Å². The number of nitrogens with zero attached hydrogens (tertiary/aromatic N) is 1. The van der Waals surface area contributed by atoms with Gasteiger partial charge in [-0.15, -0.1) is 0 Å². The second-order valence-corrected chi connectivity index (χ2v) is 13.1. The van der Waals surface area contributed by atoms with Crippen LogP contribution in [0, 0.1) is 20.8 Å². The molecule has 0 spiro atoms. The topological polar surface area (TPSA) is 113 Å². The Bertz CT molecular complexity index is 1760. The lowest BCUT2D eigenvalue weighted by atomic mass is 10.1. The number of carbonyl (C=O) groups excluding carboxylic acids is 1. The standard InChI is InChI=1S/C29H28ClN3O5S2/c1-20-12-15-24(18-21(20)2)33(40(37,38)26-8-5-4-6-9-26)19-29(34)31-23-13-16-25(17-14-23)39(35,36)32-28-11-7-10-27(30)22(28)3/h4-18,32H,19H2,1-3H3,(H,31,34). The SMILES string of the molecule is Cc1ccc(N(CC(=O)Nc2ccc(S(=O)(=O)Nc3cccc(Cl)c3C)cc2)S(=O)(=O)c2ccccc2)cc1C. The van der Waals surface area contributed by atoms with E-state index in [0.29, 0.717) is 27.6 Å². The van der Waals surface area contributed by atoms with E-state index >= 15 is 0 Å². The summed E-state index contributed by atoms with van der Waals surface area (Å²) in [7, 11) is -7.98. The Morgan fingerprint density at radius 3 is 2.10 bits per heavy atom. The highest BCUT2D eigenvalue weighted by Crippen LogP contribution is 2.27. The maximum absolute atomic E-state index is 13.5. The maximum Gasteiger partial charge on any atom is 0.264 e. The van der Waals surface area contributed by atoms with Gasteiger partial charge in [0.25, 0.3) is 20.0 Å². The van der Waals surface area contributed by atoms with Crippen LogP contribution < -0.4 is 14.3 Å². The Kier molecular flexibility index (Phi) is 8.53. The first-order valence-corrected chi connectivity index (χ1v) is 15.5. The lowest BCUT2D eigenvalue weighted by Crippen LogP contribution is -2.38. The molecule has 0 heterocycles. The van der Waals surface area contributed by atoms with Gasteiger partial charge in [-0.1, -0.05) is 41.9 Å². The second-order valence-electron chi connectivity index (χ2n) is 9.18. The summed E-state index contributed by atoms with van der Waals surface area (Å²) in [6.07, 6.45) is 0. The molecule has 208 valence electrons. The van der Waals surface area contributed by atoms with Crippen LogP contribution in [0.15, 0.2) is 101 Å². The van der Waals surface area contributed by atoms with Gasteiger partial charge in [-0.25, -0.2) is 16.8 Å². The Hall–Kier alpha value is -3.86. The van der Waals surface area contributed by atoms with Crippen LogP contribution in [-0.4, -0.2) is 29.3 Å². The number of rotatable bonds is 9. The van der Waals surface area contributed by atoms with E-state index in [1.54, 1.807) is 61.5 Å². The van der Waals surface area contributed by atoms with Crippen molar-refractivity contribution in [2.24, 2.45) is 0 Å². The predicted octanol–water partition coefficient (Wildman–Crippen LogP) is 5.90. The van der Waals surface area contributed by atoms with Gasteiger partial charge in [0.15, 0.2) is 0 Å². The zero-order valence-corrected chi connectivity index (χ0v) is 24.4. The highest BCUT2D eigenvalue weighted by molar-refractivity contribution is 7.93. The zero-order chi connectivity index (χ0) is 29.1. The fraction of sp³-hybridized carbons (Fsp3) is 0.138. The quantitative estimate of drug-likeness (QED) is 0.249. The van der Waals surface area contributed by atoms with Gasteiger partial charge in [-0.05, 0) is 98.1 Å². The summed E-state index contributed by atoms with van der Waals surface area (Å²) in [6.45, 7) is 5.00. The Morgan fingerprint density at radius 2 is 1.45 bits per heavy atom. The highest BCUT2D eigenvalue weighted by atomic mass is 35.5. The van der Waals surface area contributed by atoms with Crippen LogP contribution in [0.25, 0.3) is 0 Å². The van der Waals surface area contributed by atoms with Crippen molar-refractivity contribution < 1.29 is 21.6 Å². The Balaban J connectivity index is 1.54. The monoisotopic (exact) mass is 597 g/mol. The van der Waals surface area contributed by atoms with Crippen molar-refractivity contribution in [1.29, 1.82) is 0 Å². The summed E-state index contributed by atoms with van der Waals surface area (Å²) in [5.74, 6) is -0.596. The molecular formula is C29H28ClN3O5S2. The number of sulfonamides is 2. The first-order valence-electron chi connectivity index (χ1n) is 12.2. The van der Waals surface area contributed by atoms with E-state index in [2.05, 4.69) is 10.0 Å². The molecule has 40 heavy (non-hydrogen) atoms. The molecule has 4 aromatic rings. The van der Waals surface area contributed by atoms with Crippen LogP contribution in [-0.2, 0) is 24.8 Å². The second kappa shape index (κ2) is 11.7. The van der Waals surface area contributed by atoms with E-state index in [1.807, 2.05) is 13.8 Å². The van der Waals surface area contributed by atoms with Crippen LogP contribution in [0.1, 0.15) is 16.7 Å². The van der Waals surface area contributed by atoms with Crippen LogP contribution in [0.2, 0.25) is 5.02 Å². The van der Waals surface area contributed by atoms with E-state index in [1.165, 1.54) is 36.4 Å². The molecule has 0 saturated heterocycles. The average Bonchev–Trinajstić information content (AvgIpc) is 2.92. The van der Waals surface area contributed by atoms with Gasteiger partial charge in [0.2, 0.25) is 5.91 Å². The molecule has 0 bridgehead atoms. The number of anilines is 3. The third kappa shape index (κ3) is 6.47. The minimum Gasteiger partial charge on any atom is -0.325 e. The van der Waals surface area contributed by atoms with Crippen molar-refractivity contribution in [2.75, 3.05) is 20.9 Å². The third-order valence-electron chi connectivity index (χ3n) is 6.36. The molecule has 0 radical (unpaired) electrons. The van der Waals surface area contributed by atoms with Gasteiger partial charge >= 0.3 is 0 Å². The predicted molar refractivity (Wildman–Crippen MR) is 159 cm³/mol. The number of carbonyl (C=O) groups is 1. The summed E-state index contributed by atoms with van der Waals surface area (Å²) < 4.78 is 56.4. The van der Waals surface area contributed by atoms with Gasteiger partial charge in [0.05, 0.1) is 21.2 Å². The van der Waals surface area contributed by atoms with Crippen molar-refractivity contribution in [3.63, 3.8) is 0 Å². The van der Waals surface area contributed by atoms with Crippen LogP contribution in [0.3, 0.4) is 0 Å². The fourth-order valence-corrected chi connectivity index (χ4v) is 6.62. The molecule has 1 amide bonds. The molecule has 0 aliphatic rings. The molecule has 8 nitrogen and oxygen atoms in total. The van der Waals surface area contributed by atoms with Gasteiger partial charge in [0.1, 0.15) is 6.54 Å². The van der Waals surface area contributed by atoms with Crippen molar-refractivity contribution in [2.45, 2.75) is 30.6 Å². The molecule has 2 N–H and O–H groups in total. The molecule has 0 aromatic heterocycles. The number of benzene rings is 4. The van der Waals surface area contributed by atoms with Gasteiger partial charge < -0.3 is 5.32 Å². The largest absolute Gasteiger partial charge is 0.325 e. The third-order valence-corrected chi connectivity index (χ3v) is 9.94. The minimum atomic E-state index is -4.06. The zero-order valence-electron chi connectivity index (χ0n) is 22.1. The summed E-state index contributed by atoms with van der Waals surface area (Å²) in [6, 6.07) is 23.5. The van der Waals surface area contributed by atoms with Crippen LogP contribution in [0.5, 0.6) is 0 Å². The lowest BCUT2D eigenvalue weighted by Gasteiger charge is -2.25. The first kappa shape index (κ1) is 29.1. The van der Waals surface area contributed by atoms with Crippen molar-refractivity contribution in [1.82, 2.24) is 0 Å². The molecule has 0 aliphatic heterocycles. The first-order chi connectivity index (χ1) is 18.9. The molecule has 4 rings (SSSR count). The highest BCUT2D eigenvalue weighted by Gasteiger charge is 2.27. The fourth-order valence-electron chi connectivity index (χ4n) is 3.89. The van der Waals surface area contributed by atoms with Gasteiger partial charge in [-0.3, -0.25) is 13.8 Å². The molecule has 0 unspecified atom stereocenters. The van der Waals surface area contributed by atoms with Gasteiger partial charge in [0, 0.05) is 10.7 Å². The van der Waals surface area contributed by atoms with E-state index < -0.39 is 32.5 Å². The minimum absolute atomic E-state index is 0.0201. The maximum atomic E-state index is 13.5. The van der Waals surface area contributed by atoms with Crippen LogP contribution in [0.4, 0.5) is 17.1 Å². The Morgan fingerprint density at radius 1 is 0.775 bits per heavy atom. The molecule has 11 heteroatoms. The van der Waals surface area contributed by atoms with E-state index in [9.17, 15) is 21.6 Å². The number of aryl methyl sites for hydroxylation is 2. The molecule has 4 aromatic carbocycles. The number of hydrogen-bond acceptors (Lipinski definition) is 5. The molecular weight excluding hydrogens is 570 g/mol. The van der Waals surface area contributed by atoms with E-state index in [0.717, 1.165) is 15.4 Å². The number of nitrogens with one attached hydrogen (secondary N) is 2. The average molecular weight is 598 g/mol. The summed E-state index contributed by atoms with van der Waals surface area (Å²) in [5, 5.41) is 3.09. The Labute approximate surface area is 239 Å². The number of hydrogen-bond donors (Lipinski definition) is 2. The summed E-state index contributed by atoms with van der Waals surface area (Å²) >= 11 is 6.09. The lowest BCUT2D eigenvalue weighted by molar-refractivity contribution is -0.114. The molecule has 0 aliphatic carbocycles. The van der Waals surface area contributed by atoms with E-state index in [4.69, 9.17) is 11.6 Å². The van der Waals surface area contributed by atoms with E-state index in [-0.39, 0.29) is 9.79 Å². The summed E-state index contributed by atoms with van der Waals surface area (Å²) in [4.78, 5) is 13.1. The number of amides is 1. The number of halogens is 1. The molecule has 0 saturated carbocycles.